The number of carbonyl (C=O) groups excluding carboxylic acids is 1. The van der Waals surface area contributed by atoms with Crippen molar-refractivity contribution in [1.82, 2.24) is 9.47 Å². The van der Waals surface area contributed by atoms with Gasteiger partial charge in [-0.3, -0.25) is 4.79 Å². The van der Waals surface area contributed by atoms with Gasteiger partial charge in [0, 0.05) is 25.2 Å². The number of nitrogen functional groups attached to an aromatic ring is 1. The Balaban J connectivity index is 2.21. The Labute approximate surface area is 111 Å². The summed E-state index contributed by atoms with van der Waals surface area (Å²) in [4.78, 5) is 15.3. The van der Waals surface area contributed by atoms with Crippen LogP contribution in [0.2, 0.25) is 0 Å². The summed E-state index contributed by atoms with van der Waals surface area (Å²) in [5, 5.41) is 2.02. The van der Waals surface area contributed by atoms with Crippen LogP contribution in [0.4, 0.5) is 5.69 Å². The summed E-state index contributed by atoms with van der Waals surface area (Å²) >= 11 is 1.66. The number of rotatable bonds is 3. The standard InChI is InChI=1S/C13H17N3OS/c1-9(12-5-4-6-18-12)16(3)13(17)11-7-10(14)8-15(11)2/h4-9H,14H2,1-3H3. The minimum atomic E-state index is -0.0184. The van der Waals surface area contributed by atoms with E-state index in [4.69, 9.17) is 5.73 Å². The van der Waals surface area contributed by atoms with Crippen LogP contribution < -0.4 is 5.73 Å². The second-order valence-corrected chi connectivity index (χ2v) is 5.36. The maximum Gasteiger partial charge on any atom is 0.270 e. The Morgan fingerprint density at radius 1 is 1.56 bits per heavy atom. The summed E-state index contributed by atoms with van der Waals surface area (Å²) in [7, 11) is 3.64. The number of nitrogens with zero attached hydrogens (tertiary/aromatic N) is 2. The van der Waals surface area contributed by atoms with Crippen LogP contribution in [0.1, 0.15) is 28.3 Å². The first-order valence-electron chi connectivity index (χ1n) is 5.73. The molecule has 1 amide bonds. The molecule has 1 atom stereocenters. The average Bonchev–Trinajstić information content (AvgIpc) is 2.96. The Morgan fingerprint density at radius 3 is 2.78 bits per heavy atom. The van der Waals surface area contributed by atoms with Crippen LogP contribution in [0.15, 0.2) is 29.8 Å². The fraction of sp³-hybridized carbons (Fsp3) is 0.308. The third-order valence-corrected chi connectivity index (χ3v) is 4.14. The van der Waals surface area contributed by atoms with Gasteiger partial charge in [0.2, 0.25) is 0 Å². The summed E-state index contributed by atoms with van der Waals surface area (Å²) in [6, 6.07) is 5.81. The van der Waals surface area contributed by atoms with Crippen molar-refractivity contribution in [3.05, 3.63) is 40.3 Å². The minimum Gasteiger partial charge on any atom is -0.397 e. The number of thiophene rings is 1. The quantitative estimate of drug-likeness (QED) is 0.925. The highest BCUT2D eigenvalue weighted by atomic mass is 32.1. The Morgan fingerprint density at radius 2 is 2.28 bits per heavy atom. The highest BCUT2D eigenvalue weighted by Crippen LogP contribution is 2.25. The highest BCUT2D eigenvalue weighted by Gasteiger charge is 2.21. The number of nitrogens with two attached hydrogens (primary N) is 1. The van der Waals surface area contributed by atoms with Crippen LogP contribution in [0.3, 0.4) is 0 Å². The first kappa shape index (κ1) is 12.7. The zero-order valence-corrected chi connectivity index (χ0v) is 11.6. The van der Waals surface area contributed by atoms with Crippen molar-refractivity contribution in [3.8, 4) is 0 Å². The lowest BCUT2D eigenvalue weighted by molar-refractivity contribution is 0.0735. The normalized spacial score (nSPS) is 12.4. The van der Waals surface area contributed by atoms with Crippen molar-refractivity contribution >= 4 is 22.9 Å². The summed E-state index contributed by atoms with van der Waals surface area (Å²) in [6.07, 6.45) is 1.75. The molecule has 1 unspecified atom stereocenters. The smallest absolute Gasteiger partial charge is 0.270 e. The van der Waals surface area contributed by atoms with Gasteiger partial charge in [-0.15, -0.1) is 11.3 Å². The summed E-state index contributed by atoms with van der Waals surface area (Å²) in [5.41, 5.74) is 6.92. The third kappa shape index (κ3) is 2.26. The van der Waals surface area contributed by atoms with Gasteiger partial charge in [0.15, 0.2) is 0 Å². The van der Waals surface area contributed by atoms with E-state index in [2.05, 4.69) is 0 Å². The van der Waals surface area contributed by atoms with Crippen molar-refractivity contribution in [2.24, 2.45) is 7.05 Å². The van der Waals surface area contributed by atoms with Crippen LogP contribution in [0, 0.1) is 0 Å². The first-order valence-corrected chi connectivity index (χ1v) is 6.61. The molecule has 0 aromatic carbocycles. The largest absolute Gasteiger partial charge is 0.397 e. The Bertz CT molecular complexity index is 545. The molecule has 0 bridgehead atoms. The summed E-state index contributed by atoms with van der Waals surface area (Å²) in [5.74, 6) is -0.0184. The van der Waals surface area contributed by atoms with Crippen LogP contribution >= 0.6 is 11.3 Å². The minimum absolute atomic E-state index is 0.0184. The van der Waals surface area contributed by atoms with E-state index in [1.54, 1.807) is 33.1 Å². The average molecular weight is 263 g/mol. The maximum atomic E-state index is 12.4. The van der Waals surface area contributed by atoms with E-state index in [0.29, 0.717) is 11.4 Å². The lowest BCUT2D eigenvalue weighted by atomic mass is 10.2. The number of hydrogen-bond donors (Lipinski definition) is 1. The van der Waals surface area contributed by atoms with Crippen molar-refractivity contribution in [3.63, 3.8) is 0 Å². The Kier molecular flexibility index (Phi) is 3.43. The molecule has 5 heteroatoms. The fourth-order valence-electron chi connectivity index (χ4n) is 1.88. The molecule has 96 valence electrons. The number of hydrogen-bond acceptors (Lipinski definition) is 3. The molecular formula is C13H17N3OS. The van der Waals surface area contributed by atoms with Crippen molar-refractivity contribution in [2.45, 2.75) is 13.0 Å². The number of carbonyl (C=O) groups is 1. The van der Waals surface area contributed by atoms with Crippen molar-refractivity contribution in [1.29, 1.82) is 0 Å². The highest BCUT2D eigenvalue weighted by molar-refractivity contribution is 7.10. The van der Waals surface area contributed by atoms with Crippen LogP contribution in [0.5, 0.6) is 0 Å². The molecule has 18 heavy (non-hydrogen) atoms. The number of aryl methyl sites for hydroxylation is 1. The van der Waals surface area contributed by atoms with Crippen molar-refractivity contribution in [2.75, 3.05) is 12.8 Å². The van der Waals surface area contributed by atoms with Gasteiger partial charge in [0.05, 0.1) is 11.7 Å². The van der Waals surface area contributed by atoms with E-state index in [1.165, 1.54) is 4.88 Å². The van der Waals surface area contributed by atoms with E-state index >= 15 is 0 Å². The lowest BCUT2D eigenvalue weighted by Crippen LogP contribution is -2.30. The van der Waals surface area contributed by atoms with Gasteiger partial charge in [-0.25, -0.2) is 0 Å². The van der Waals surface area contributed by atoms with Crippen LogP contribution in [-0.2, 0) is 7.05 Å². The van der Waals surface area contributed by atoms with E-state index in [0.717, 1.165) is 0 Å². The predicted octanol–water partition coefficient (Wildman–Crippen LogP) is 2.50. The summed E-state index contributed by atoms with van der Waals surface area (Å²) < 4.78 is 1.76. The molecular weight excluding hydrogens is 246 g/mol. The molecule has 0 saturated heterocycles. The number of aromatic nitrogens is 1. The zero-order chi connectivity index (χ0) is 13.3. The van der Waals surface area contributed by atoms with Gasteiger partial charge in [-0.2, -0.15) is 0 Å². The SMILES string of the molecule is CC(c1cccs1)N(C)C(=O)c1cc(N)cn1C. The fourth-order valence-corrected chi connectivity index (χ4v) is 2.71. The molecule has 0 radical (unpaired) electrons. The van der Waals surface area contributed by atoms with Crippen molar-refractivity contribution < 1.29 is 4.79 Å². The van der Waals surface area contributed by atoms with E-state index in [1.807, 2.05) is 38.5 Å². The molecule has 0 saturated carbocycles. The van der Waals surface area contributed by atoms with Gasteiger partial charge < -0.3 is 15.2 Å². The molecule has 0 fully saturated rings. The van der Waals surface area contributed by atoms with Gasteiger partial charge in [0.1, 0.15) is 5.69 Å². The molecule has 0 aliphatic heterocycles. The molecule has 0 spiro atoms. The topological polar surface area (TPSA) is 51.3 Å². The first-order chi connectivity index (χ1) is 8.50. The number of amides is 1. The maximum absolute atomic E-state index is 12.4. The van der Waals surface area contributed by atoms with Gasteiger partial charge >= 0.3 is 0 Å². The molecule has 2 heterocycles. The van der Waals surface area contributed by atoms with Crippen LogP contribution in [0.25, 0.3) is 0 Å². The third-order valence-electron chi connectivity index (χ3n) is 3.10. The Hall–Kier alpha value is -1.75. The zero-order valence-electron chi connectivity index (χ0n) is 10.8. The predicted molar refractivity (Wildman–Crippen MR) is 74.7 cm³/mol. The molecule has 0 aliphatic rings. The van der Waals surface area contributed by atoms with Gasteiger partial charge in [-0.05, 0) is 24.4 Å². The number of anilines is 1. The van der Waals surface area contributed by atoms with E-state index < -0.39 is 0 Å². The molecule has 2 aromatic rings. The molecule has 4 nitrogen and oxygen atoms in total. The second-order valence-electron chi connectivity index (χ2n) is 4.38. The molecule has 2 rings (SSSR count). The summed E-state index contributed by atoms with van der Waals surface area (Å²) in [6.45, 7) is 2.02. The van der Waals surface area contributed by atoms with E-state index in [9.17, 15) is 4.79 Å². The molecule has 2 N–H and O–H groups in total. The molecule has 2 aromatic heterocycles. The second kappa shape index (κ2) is 4.86. The van der Waals surface area contributed by atoms with Gasteiger partial charge in [-0.1, -0.05) is 6.07 Å². The van der Waals surface area contributed by atoms with E-state index in [-0.39, 0.29) is 11.9 Å². The van der Waals surface area contributed by atoms with Gasteiger partial charge in [0.25, 0.3) is 5.91 Å². The van der Waals surface area contributed by atoms with Crippen LogP contribution in [-0.4, -0.2) is 22.4 Å². The monoisotopic (exact) mass is 263 g/mol. The molecule has 0 aliphatic carbocycles. The lowest BCUT2D eigenvalue weighted by Gasteiger charge is -2.24.